The van der Waals surface area contributed by atoms with E-state index in [1.165, 1.54) is 5.56 Å². The highest BCUT2D eigenvalue weighted by atomic mass is 32.1. The van der Waals surface area contributed by atoms with Crippen molar-refractivity contribution in [1.29, 1.82) is 0 Å². The molecule has 0 aliphatic carbocycles. The van der Waals surface area contributed by atoms with Crippen LogP contribution >= 0.6 is 11.3 Å². The van der Waals surface area contributed by atoms with Gasteiger partial charge in [0.25, 0.3) is 0 Å². The molecule has 1 amide bonds. The van der Waals surface area contributed by atoms with E-state index in [4.69, 9.17) is 9.47 Å². The van der Waals surface area contributed by atoms with Crippen LogP contribution in [-0.2, 0) is 17.8 Å². The smallest absolute Gasteiger partial charge is 0.246 e. The minimum Gasteiger partial charge on any atom is -0.490 e. The van der Waals surface area contributed by atoms with Crippen LogP contribution in [0.2, 0.25) is 0 Å². The molecule has 0 fully saturated rings. The van der Waals surface area contributed by atoms with Crippen LogP contribution in [0.1, 0.15) is 22.4 Å². The van der Waals surface area contributed by atoms with Gasteiger partial charge >= 0.3 is 0 Å². The first-order valence-corrected chi connectivity index (χ1v) is 9.36. The molecule has 0 spiro atoms. The molecule has 4 rings (SSSR count). The van der Waals surface area contributed by atoms with E-state index in [9.17, 15) is 4.79 Å². The molecule has 0 saturated heterocycles. The number of carbonyl (C=O) groups excluding carboxylic acids is 1. The summed E-state index contributed by atoms with van der Waals surface area (Å²) < 4.78 is 11.6. The van der Waals surface area contributed by atoms with Gasteiger partial charge in [0.05, 0.1) is 19.8 Å². The van der Waals surface area contributed by atoms with Crippen LogP contribution in [-0.4, -0.2) is 25.7 Å². The van der Waals surface area contributed by atoms with Crippen LogP contribution in [0.15, 0.2) is 35.7 Å². The lowest BCUT2D eigenvalue weighted by atomic mass is 9.97. The van der Waals surface area contributed by atoms with Crippen molar-refractivity contribution in [3.05, 3.63) is 51.7 Å². The van der Waals surface area contributed by atoms with E-state index < -0.39 is 0 Å². The van der Waals surface area contributed by atoms with E-state index in [1.807, 2.05) is 29.6 Å². The Morgan fingerprint density at radius 3 is 2.92 bits per heavy atom. The van der Waals surface area contributed by atoms with Gasteiger partial charge in [-0.1, -0.05) is 6.07 Å². The lowest BCUT2D eigenvalue weighted by Gasteiger charge is -2.23. The van der Waals surface area contributed by atoms with Crippen LogP contribution in [0.3, 0.4) is 0 Å². The van der Waals surface area contributed by atoms with E-state index >= 15 is 0 Å². The summed E-state index contributed by atoms with van der Waals surface area (Å²) in [6.07, 6.45) is 3.42. The number of benzene rings is 1. The molecule has 2 aromatic rings. The molecule has 0 saturated carbocycles. The minimum atomic E-state index is -0.101. The van der Waals surface area contributed by atoms with Crippen molar-refractivity contribution in [1.82, 2.24) is 10.6 Å². The Balaban J connectivity index is 1.55. The van der Waals surface area contributed by atoms with Gasteiger partial charge in [0.1, 0.15) is 0 Å². The Hall–Kier alpha value is -2.47. The van der Waals surface area contributed by atoms with Crippen LogP contribution in [0.25, 0.3) is 5.70 Å². The fraction of sp³-hybridized carbons (Fsp3) is 0.316. The Morgan fingerprint density at radius 2 is 2.12 bits per heavy atom. The van der Waals surface area contributed by atoms with Crippen LogP contribution in [0, 0.1) is 0 Å². The average Bonchev–Trinajstić information content (AvgIpc) is 3.04. The number of hydrogen-bond acceptors (Lipinski definition) is 5. The molecule has 5 nitrogen and oxygen atoms in total. The van der Waals surface area contributed by atoms with Crippen molar-refractivity contribution in [3.8, 4) is 11.5 Å². The van der Waals surface area contributed by atoms with Crippen molar-refractivity contribution in [2.24, 2.45) is 0 Å². The van der Waals surface area contributed by atoms with Gasteiger partial charge in [-0.15, -0.1) is 11.3 Å². The largest absolute Gasteiger partial charge is 0.490 e. The molecule has 25 heavy (non-hydrogen) atoms. The second-order valence-corrected chi connectivity index (χ2v) is 7.07. The summed E-state index contributed by atoms with van der Waals surface area (Å²) in [5, 5.41) is 8.27. The second-order valence-electron chi connectivity index (χ2n) is 6.04. The van der Waals surface area contributed by atoms with Gasteiger partial charge in [-0.2, -0.15) is 0 Å². The molecular formula is C19H20N2O3S. The summed E-state index contributed by atoms with van der Waals surface area (Å²) in [7, 11) is 0. The lowest BCUT2D eigenvalue weighted by molar-refractivity contribution is -0.116. The maximum Gasteiger partial charge on any atom is 0.246 e. The number of nitrogens with one attached hydrogen (secondary N) is 2. The third-order valence-corrected chi connectivity index (χ3v) is 5.14. The van der Waals surface area contributed by atoms with Gasteiger partial charge in [-0.3, -0.25) is 4.79 Å². The number of carbonyl (C=O) groups is 1. The highest BCUT2D eigenvalue weighted by molar-refractivity contribution is 7.09. The molecule has 2 aliphatic heterocycles. The number of rotatable bonds is 3. The number of ether oxygens (including phenoxy) is 2. The van der Waals surface area contributed by atoms with Gasteiger partial charge in [0.2, 0.25) is 5.91 Å². The summed E-state index contributed by atoms with van der Waals surface area (Å²) in [4.78, 5) is 13.4. The van der Waals surface area contributed by atoms with Crippen molar-refractivity contribution in [2.75, 3.05) is 19.8 Å². The van der Waals surface area contributed by atoms with Crippen molar-refractivity contribution < 1.29 is 14.3 Å². The standard InChI is InChI=1S/C19H20N2O3S/c22-19(21-12-14-3-1-8-25-14)11-16-15-10-18-17(23-6-2-7-24-18)9-13(15)4-5-20-16/h1,3,8-11,20H,2,4-7,12H2,(H,21,22). The molecule has 0 atom stereocenters. The third kappa shape index (κ3) is 3.64. The Kier molecular flexibility index (Phi) is 4.61. The van der Waals surface area contributed by atoms with Crippen LogP contribution in [0.4, 0.5) is 0 Å². The lowest BCUT2D eigenvalue weighted by Crippen LogP contribution is -2.26. The van der Waals surface area contributed by atoms with E-state index in [1.54, 1.807) is 17.4 Å². The Bertz CT molecular complexity index is 799. The highest BCUT2D eigenvalue weighted by Gasteiger charge is 2.20. The predicted molar refractivity (Wildman–Crippen MR) is 97.9 cm³/mol. The van der Waals surface area contributed by atoms with Crippen LogP contribution in [0.5, 0.6) is 11.5 Å². The molecule has 1 aromatic carbocycles. The monoisotopic (exact) mass is 356 g/mol. The fourth-order valence-electron chi connectivity index (χ4n) is 3.03. The topological polar surface area (TPSA) is 59.6 Å². The maximum absolute atomic E-state index is 12.3. The predicted octanol–water partition coefficient (Wildman–Crippen LogP) is 2.71. The first kappa shape index (κ1) is 16.0. The number of fused-ring (bicyclic) bond motifs is 2. The van der Waals surface area contributed by atoms with Gasteiger partial charge in [-0.25, -0.2) is 0 Å². The quantitative estimate of drug-likeness (QED) is 0.830. The first-order valence-electron chi connectivity index (χ1n) is 8.48. The van der Waals surface area contributed by atoms with Gasteiger partial charge < -0.3 is 20.1 Å². The van der Waals surface area contributed by atoms with Crippen molar-refractivity contribution in [2.45, 2.75) is 19.4 Å². The van der Waals surface area contributed by atoms with E-state index in [0.29, 0.717) is 19.8 Å². The summed E-state index contributed by atoms with van der Waals surface area (Å²) in [5.41, 5.74) is 3.03. The molecule has 0 radical (unpaired) electrons. The normalized spacial score (nSPS) is 17.4. The summed E-state index contributed by atoms with van der Waals surface area (Å²) in [5.74, 6) is 1.46. The zero-order valence-corrected chi connectivity index (χ0v) is 14.7. The first-order chi connectivity index (χ1) is 12.3. The summed E-state index contributed by atoms with van der Waals surface area (Å²) in [6.45, 7) is 2.68. The summed E-state index contributed by atoms with van der Waals surface area (Å²) in [6, 6.07) is 8.03. The molecular weight excluding hydrogens is 336 g/mol. The molecule has 6 heteroatoms. The number of thiophene rings is 1. The van der Waals surface area contributed by atoms with Gasteiger partial charge in [-0.05, 0) is 35.6 Å². The SMILES string of the molecule is O=C(C=C1NCCc2cc3c(cc21)OCCCO3)NCc1cccs1. The zero-order valence-electron chi connectivity index (χ0n) is 13.8. The zero-order chi connectivity index (χ0) is 17.1. The highest BCUT2D eigenvalue weighted by Crippen LogP contribution is 2.36. The van der Waals surface area contributed by atoms with Crippen molar-refractivity contribution >= 4 is 22.9 Å². The van der Waals surface area contributed by atoms with Crippen LogP contribution < -0.4 is 20.1 Å². The third-order valence-electron chi connectivity index (χ3n) is 4.27. The van der Waals surface area contributed by atoms with E-state index in [-0.39, 0.29) is 5.91 Å². The maximum atomic E-state index is 12.3. The molecule has 0 unspecified atom stereocenters. The molecule has 1 aromatic heterocycles. The molecule has 2 aliphatic rings. The van der Waals surface area contributed by atoms with Gasteiger partial charge in [0, 0.05) is 35.2 Å². The van der Waals surface area contributed by atoms with E-state index in [2.05, 4.69) is 10.6 Å². The average molecular weight is 356 g/mol. The molecule has 130 valence electrons. The minimum absolute atomic E-state index is 0.101. The number of hydrogen-bond donors (Lipinski definition) is 2. The second kappa shape index (κ2) is 7.19. The van der Waals surface area contributed by atoms with Gasteiger partial charge in [0.15, 0.2) is 11.5 Å². The van der Waals surface area contributed by atoms with E-state index in [0.717, 1.165) is 47.0 Å². The molecule has 0 bridgehead atoms. The summed E-state index contributed by atoms with van der Waals surface area (Å²) >= 11 is 1.64. The fourth-order valence-corrected chi connectivity index (χ4v) is 3.68. The Labute approximate surface area is 150 Å². The molecule has 2 N–H and O–H groups in total. The number of amides is 1. The van der Waals surface area contributed by atoms with Crippen molar-refractivity contribution in [3.63, 3.8) is 0 Å². The molecule has 3 heterocycles. The Morgan fingerprint density at radius 1 is 1.28 bits per heavy atom.